The summed E-state index contributed by atoms with van der Waals surface area (Å²) in [7, 11) is -0.356. The third-order valence-electron chi connectivity index (χ3n) is 10.5. The minimum Gasteiger partial charge on any atom is -0.497 e. The Morgan fingerprint density at radius 2 is 1.67 bits per heavy atom. The van der Waals surface area contributed by atoms with Crippen LogP contribution in [0.2, 0.25) is 0 Å². The van der Waals surface area contributed by atoms with Gasteiger partial charge in [0.05, 0.1) is 37.7 Å². The number of hydrogen-bond acceptors (Lipinski definition) is 10. The van der Waals surface area contributed by atoms with Gasteiger partial charge in [-0.05, 0) is 36.1 Å². The van der Waals surface area contributed by atoms with E-state index in [0.29, 0.717) is 33.8 Å². The molecule has 5 atom stereocenters. The number of likely N-dealkylation sites (tertiary alicyclic amines) is 1. The Kier molecular flexibility index (Phi) is 11.7. The Morgan fingerprint density at radius 3 is 2.28 bits per heavy atom. The molecule has 58 heavy (non-hydrogen) atoms. The zero-order valence-electron chi connectivity index (χ0n) is 33.2. The molecule has 2 heterocycles. The van der Waals surface area contributed by atoms with E-state index in [1.165, 1.54) is 25.1 Å². The molecule has 1 saturated heterocycles. The van der Waals surface area contributed by atoms with Gasteiger partial charge in [0.1, 0.15) is 35.2 Å². The highest BCUT2D eigenvalue weighted by molar-refractivity contribution is 7.91. The van der Waals surface area contributed by atoms with Crippen molar-refractivity contribution < 1.29 is 41.8 Å². The van der Waals surface area contributed by atoms with Crippen LogP contribution in [0.25, 0.3) is 22.2 Å². The summed E-state index contributed by atoms with van der Waals surface area (Å²) in [5.74, 6) is -1.82. The number of carbonyl (C=O) groups excluding carboxylic acids is 4. The number of carbonyl (C=O) groups is 4. The second-order valence-electron chi connectivity index (χ2n) is 15.4. The fraction of sp³-hybridized carbons (Fsp3) is 0.357. The quantitative estimate of drug-likeness (QED) is 0.161. The average Bonchev–Trinajstić information content (AvgIpc) is 3.77. The largest absolute Gasteiger partial charge is 0.497 e. The minimum atomic E-state index is -4.40. The van der Waals surface area contributed by atoms with Crippen LogP contribution < -0.4 is 29.1 Å². The molecule has 0 spiro atoms. The molecule has 1 unspecified atom stereocenters. The van der Waals surface area contributed by atoms with Crippen LogP contribution in [0.3, 0.4) is 0 Å². The molecule has 0 bridgehead atoms. The van der Waals surface area contributed by atoms with E-state index in [-0.39, 0.29) is 19.4 Å². The van der Waals surface area contributed by atoms with Crippen LogP contribution in [-0.4, -0.2) is 93.7 Å². The molecular formula is C42H48N6O9S. The Bertz CT molecular complexity index is 2320. The molecule has 1 aliphatic heterocycles. The number of methoxy groups -OCH3 is 2. The lowest BCUT2D eigenvalue weighted by Gasteiger charge is -2.35. The number of rotatable bonds is 13. The van der Waals surface area contributed by atoms with Gasteiger partial charge in [-0.2, -0.15) is 8.42 Å². The van der Waals surface area contributed by atoms with Crippen LogP contribution in [0.15, 0.2) is 97.6 Å². The lowest BCUT2D eigenvalue weighted by Crippen LogP contribution is -2.60. The maximum Gasteiger partial charge on any atom is 0.407 e. The van der Waals surface area contributed by atoms with E-state index in [2.05, 4.69) is 21.9 Å². The molecule has 2 fully saturated rings. The Morgan fingerprint density at radius 1 is 1.00 bits per heavy atom. The van der Waals surface area contributed by atoms with Gasteiger partial charge >= 0.3 is 16.3 Å². The van der Waals surface area contributed by atoms with Gasteiger partial charge in [-0.1, -0.05) is 75.4 Å². The molecule has 306 valence electrons. The summed E-state index contributed by atoms with van der Waals surface area (Å²) in [4.78, 5) is 61.6. The minimum absolute atomic E-state index is 0.0151. The van der Waals surface area contributed by atoms with Crippen molar-refractivity contribution in [3.05, 3.63) is 97.6 Å². The zero-order chi connectivity index (χ0) is 42.0. The Balaban J connectivity index is 1.33. The molecule has 1 saturated carbocycles. The van der Waals surface area contributed by atoms with Gasteiger partial charge in [0.25, 0.3) is 5.91 Å². The van der Waals surface area contributed by atoms with E-state index in [4.69, 9.17) is 19.2 Å². The normalized spacial score (nSPS) is 20.7. The van der Waals surface area contributed by atoms with E-state index in [0.717, 1.165) is 9.87 Å². The van der Waals surface area contributed by atoms with Crippen molar-refractivity contribution in [3.8, 4) is 22.8 Å². The number of aromatic nitrogens is 1. The highest BCUT2D eigenvalue weighted by Crippen LogP contribution is 2.45. The van der Waals surface area contributed by atoms with Crippen LogP contribution in [0.5, 0.6) is 11.5 Å². The topological polar surface area (TPSA) is 186 Å². The molecule has 2 aliphatic rings. The standard InChI is InChI=1S/C42H48N6O9S/c1-8-27-24-42(27,39(51)46-58(53,54)47(5)28-17-13-10-14-18-28)45-37(49)34-22-30(25-48(34)38(50)36(41(2,3)4)44-40(52)56-7)57-35-23-32(26-15-11-9-12-16-26)43-33-21-29(55-6)19-20-31(33)35/h8-21,23,27,30,34,36H,1,22,24-25H2,2-7H3,(H,44,52)(H,45,49)(H,46,51)/t27?,30-,34+,36-,42-/m1/s1. The molecule has 6 rings (SSSR count). The van der Waals surface area contributed by atoms with Crippen LogP contribution in [-0.2, 0) is 29.3 Å². The first-order valence-electron chi connectivity index (χ1n) is 18.7. The van der Waals surface area contributed by atoms with Crippen LogP contribution in [0.4, 0.5) is 10.5 Å². The fourth-order valence-electron chi connectivity index (χ4n) is 7.09. The van der Waals surface area contributed by atoms with E-state index in [1.807, 2.05) is 36.4 Å². The first kappa shape index (κ1) is 41.5. The molecule has 4 amide bonds. The highest BCUT2D eigenvalue weighted by Gasteiger charge is 2.61. The molecule has 0 radical (unpaired) electrons. The molecule has 4 aromatic rings. The van der Waals surface area contributed by atoms with Gasteiger partial charge in [-0.25, -0.2) is 14.5 Å². The lowest BCUT2D eigenvalue weighted by atomic mass is 9.85. The van der Waals surface area contributed by atoms with Gasteiger partial charge < -0.3 is 29.7 Å². The molecule has 3 N–H and O–H groups in total. The van der Waals surface area contributed by atoms with E-state index >= 15 is 0 Å². The SMILES string of the molecule is C=CC1C[C@]1(NC(=O)[C@@H]1C[C@@H](Oc2cc(-c3ccccc3)nc3cc(OC)ccc23)CN1C(=O)[C@@H](NC(=O)OC)C(C)(C)C)C(=O)NS(=O)(=O)N(C)c1ccccc1. The molecule has 3 aromatic carbocycles. The third kappa shape index (κ3) is 8.56. The van der Waals surface area contributed by atoms with Crippen LogP contribution >= 0.6 is 0 Å². The number of benzene rings is 3. The summed E-state index contributed by atoms with van der Waals surface area (Å²) in [6.45, 7) is 9.01. The van der Waals surface area contributed by atoms with Crippen molar-refractivity contribution in [1.29, 1.82) is 0 Å². The number of anilines is 1. The Hall–Kier alpha value is -6.16. The van der Waals surface area contributed by atoms with Crippen LogP contribution in [0, 0.1) is 11.3 Å². The molecule has 1 aliphatic carbocycles. The summed E-state index contributed by atoms with van der Waals surface area (Å²) >= 11 is 0. The van der Waals surface area contributed by atoms with E-state index < -0.39 is 69.1 Å². The van der Waals surface area contributed by atoms with Crippen molar-refractivity contribution >= 4 is 50.6 Å². The molecule has 1 aromatic heterocycles. The monoisotopic (exact) mass is 812 g/mol. The number of fused-ring (bicyclic) bond motifs is 1. The van der Waals surface area contributed by atoms with Crippen molar-refractivity contribution in [3.63, 3.8) is 0 Å². The molecule has 15 nitrogen and oxygen atoms in total. The zero-order valence-corrected chi connectivity index (χ0v) is 34.0. The number of amides is 4. The summed E-state index contributed by atoms with van der Waals surface area (Å²) < 4.78 is 46.7. The number of alkyl carbamates (subject to hydrolysis) is 1. The van der Waals surface area contributed by atoms with E-state index in [9.17, 15) is 27.6 Å². The number of hydrogen-bond donors (Lipinski definition) is 3. The van der Waals surface area contributed by atoms with Gasteiger partial charge in [0.2, 0.25) is 11.8 Å². The maximum atomic E-state index is 14.5. The summed E-state index contributed by atoms with van der Waals surface area (Å²) in [5.41, 5.74) is -0.140. The lowest BCUT2D eigenvalue weighted by molar-refractivity contribution is -0.142. The van der Waals surface area contributed by atoms with E-state index in [1.54, 1.807) is 76.4 Å². The van der Waals surface area contributed by atoms with Crippen LogP contribution in [0.1, 0.15) is 33.6 Å². The summed E-state index contributed by atoms with van der Waals surface area (Å²) in [6, 6.07) is 22.6. The van der Waals surface area contributed by atoms with Gasteiger partial charge in [-0.3, -0.25) is 18.7 Å². The number of para-hydroxylation sites is 1. The predicted octanol–water partition coefficient (Wildman–Crippen LogP) is 4.59. The highest BCUT2D eigenvalue weighted by atomic mass is 32.2. The van der Waals surface area contributed by atoms with Gasteiger partial charge in [-0.15, -0.1) is 6.58 Å². The molecular weight excluding hydrogens is 765 g/mol. The summed E-state index contributed by atoms with van der Waals surface area (Å²) in [5, 5.41) is 6.07. The van der Waals surface area contributed by atoms with Crippen molar-refractivity contribution in [1.82, 2.24) is 25.2 Å². The predicted molar refractivity (Wildman–Crippen MR) is 218 cm³/mol. The van der Waals surface area contributed by atoms with Gasteiger partial charge in [0.15, 0.2) is 0 Å². The number of ether oxygens (including phenoxy) is 3. The van der Waals surface area contributed by atoms with Gasteiger partial charge in [0, 0.05) is 42.5 Å². The number of nitrogens with one attached hydrogen (secondary N) is 3. The number of nitrogens with zero attached hydrogens (tertiary/aromatic N) is 3. The summed E-state index contributed by atoms with van der Waals surface area (Å²) in [6.07, 6.45) is -0.0616. The first-order chi connectivity index (χ1) is 27.5. The van der Waals surface area contributed by atoms with Crippen molar-refractivity contribution in [2.75, 3.05) is 32.1 Å². The van der Waals surface area contributed by atoms with Crippen molar-refractivity contribution in [2.45, 2.75) is 57.3 Å². The average molecular weight is 813 g/mol. The second-order valence-corrected chi connectivity index (χ2v) is 17.1. The maximum absolute atomic E-state index is 14.5. The number of pyridine rings is 1. The third-order valence-corrected chi connectivity index (χ3v) is 11.9. The molecule has 16 heteroatoms. The smallest absolute Gasteiger partial charge is 0.407 e. The Labute approximate surface area is 337 Å². The van der Waals surface area contributed by atoms with Crippen molar-refractivity contribution in [2.24, 2.45) is 11.3 Å². The fourth-order valence-corrected chi connectivity index (χ4v) is 8.05. The first-order valence-corrected chi connectivity index (χ1v) is 20.1. The second kappa shape index (κ2) is 16.4.